The van der Waals surface area contributed by atoms with E-state index in [9.17, 15) is 4.79 Å². The van der Waals surface area contributed by atoms with Crippen molar-refractivity contribution in [1.82, 2.24) is 0 Å². The molecule has 0 aliphatic rings. The van der Waals surface area contributed by atoms with Crippen LogP contribution in [0.15, 0.2) is 85.4 Å². The van der Waals surface area contributed by atoms with Crippen LogP contribution in [0.4, 0.5) is 0 Å². The molecule has 3 aromatic rings. The summed E-state index contributed by atoms with van der Waals surface area (Å²) in [4.78, 5) is 11.7. The van der Waals surface area contributed by atoms with Crippen LogP contribution in [0.5, 0.6) is 5.75 Å². The Morgan fingerprint density at radius 2 is 1.37 bits per heavy atom. The van der Waals surface area contributed by atoms with Crippen LogP contribution in [-0.4, -0.2) is 12.6 Å². The third-order valence-electron chi connectivity index (χ3n) is 4.20. The summed E-state index contributed by atoms with van der Waals surface area (Å²) < 4.78 is 10.8. The van der Waals surface area contributed by atoms with Crippen molar-refractivity contribution in [2.24, 2.45) is 0 Å². The number of esters is 1. The van der Waals surface area contributed by atoms with Gasteiger partial charge in [-0.1, -0.05) is 61.2 Å². The maximum absolute atomic E-state index is 11.7. The molecule has 0 saturated carbocycles. The predicted molar refractivity (Wildman–Crippen MR) is 108 cm³/mol. The van der Waals surface area contributed by atoms with Gasteiger partial charge in [-0.25, -0.2) is 4.79 Å². The molecule has 0 heterocycles. The predicted octanol–water partition coefficient (Wildman–Crippen LogP) is 5.50. The van der Waals surface area contributed by atoms with Crippen LogP contribution >= 0.6 is 0 Å². The topological polar surface area (TPSA) is 35.5 Å². The van der Waals surface area contributed by atoms with Crippen LogP contribution in [0.2, 0.25) is 0 Å². The minimum Gasteiger partial charge on any atom is -0.489 e. The molecule has 3 nitrogen and oxygen atoms in total. The lowest BCUT2D eigenvalue weighted by atomic mass is 9.98. The van der Waals surface area contributed by atoms with Crippen molar-refractivity contribution in [3.05, 3.63) is 108 Å². The zero-order chi connectivity index (χ0) is 19.1. The maximum atomic E-state index is 11.7. The number of ether oxygens (including phenoxy) is 2. The summed E-state index contributed by atoms with van der Waals surface area (Å²) in [7, 11) is 0. The van der Waals surface area contributed by atoms with Crippen molar-refractivity contribution in [1.29, 1.82) is 0 Å². The largest absolute Gasteiger partial charge is 0.489 e. The molecule has 0 bridgehead atoms. The van der Waals surface area contributed by atoms with Gasteiger partial charge in [0.15, 0.2) is 0 Å². The highest BCUT2D eigenvalue weighted by molar-refractivity contribution is 5.90. The summed E-state index contributed by atoms with van der Waals surface area (Å²) in [5.74, 6) is 0.502. The number of benzene rings is 3. The van der Waals surface area contributed by atoms with Crippen LogP contribution in [0, 0.1) is 0 Å². The molecule has 0 aliphatic heterocycles. The first-order valence-corrected chi connectivity index (χ1v) is 8.91. The lowest BCUT2D eigenvalue weighted by Gasteiger charge is -2.10. The van der Waals surface area contributed by atoms with E-state index in [1.54, 1.807) is 19.1 Å². The SMILES string of the molecule is C=C(c1ccc(OCc2ccccc2)cc1)c1ccc(C(=O)OCC)cc1. The summed E-state index contributed by atoms with van der Waals surface area (Å²) >= 11 is 0. The molecular weight excluding hydrogens is 336 g/mol. The second kappa shape index (κ2) is 8.86. The average molecular weight is 358 g/mol. The smallest absolute Gasteiger partial charge is 0.338 e. The van der Waals surface area contributed by atoms with E-state index >= 15 is 0 Å². The second-order valence-electron chi connectivity index (χ2n) is 6.08. The molecule has 0 N–H and O–H groups in total. The fraction of sp³-hybridized carbons (Fsp3) is 0.125. The van der Waals surface area contributed by atoms with Crippen molar-refractivity contribution >= 4 is 11.5 Å². The highest BCUT2D eigenvalue weighted by Crippen LogP contribution is 2.24. The van der Waals surface area contributed by atoms with E-state index in [0.29, 0.717) is 18.8 Å². The number of carbonyl (C=O) groups excluding carboxylic acids is 1. The van der Waals surface area contributed by atoms with Gasteiger partial charge in [0.1, 0.15) is 12.4 Å². The van der Waals surface area contributed by atoms with Crippen molar-refractivity contribution in [3.63, 3.8) is 0 Å². The molecular formula is C24H22O3. The Bertz CT molecular complexity index is 895. The minimum absolute atomic E-state index is 0.311. The van der Waals surface area contributed by atoms with Crippen molar-refractivity contribution in [3.8, 4) is 5.75 Å². The minimum atomic E-state index is -0.311. The molecule has 0 fully saturated rings. The average Bonchev–Trinajstić information content (AvgIpc) is 2.73. The number of hydrogen-bond acceptors (Lipinski definition) is 3. The zero-order valence-corrected chi connectivity index (χ0v) is 15.4. The molecule has 0 spiro atoms. The fourth-order valence-corrected chi connectivity index (χ4v) is 2.68. The van der Waals surface area contributed by atoms with Gasteiger partial charge in [-0.05, 0) is 53.5 Å². The first-order valence-electron chi connectivity index (χ1n) is 8.91. The lowest BCUT2D eigenvalue weighted by molar-refractivity contribution is 0.0526. The van der Waals surface area contributed by atoms with Crippen LogP contribution in [0.1, 0.15) is 34.0 Å². The molecule has 0 radical (unpaired) electrons. The van der Waals surface area contributed by atoms with Crippen LogP contribution < -0.4 is 4.74 Å². The van der Waals surface area contributed by atoms with Crippen LogP contribution in [0.25, 0.3) is 5.57 Å². The Kier molecular flexibility index (Phi) is 6.06. The molecule has 136 valence electrons. The Balaban J connectivity index is 1.64. The van der Waals surface area contributed by atoms with Crippen molar-refractivity contribution < 1.29 is 14.3 Å². The highest BCUT2D eigenvalue weighted by Gasteiger charge is 2.08. The van der Waals surface area contributed by atoms with Crippen molar-refractivity contribution in [2.45, 2.75) is 13.5 Å². The Morgan fingerprint density at radius 3 is 1.96 bits per heavy atom. The highest BCUT2D eigenvalue weighted by atomic mass is 16.5. The van der Waals surface area contributed by atoms with Gasteiger partial charge in [0.2, 0.25) is 0 Å². The molecule has 3 heteroatoms. The number of carbonyl (C=O) groups is 1. The molecule has 3 rings (SSSR count). The molecule has 0 atom stereocenters. The summed E-state index contributed by atoms with van der Waals surface area (Å²) in [6.07, 6.45) is 0. The monoisotopic (exact) mass is 358 g/mol. The third kappa shape index (κ3) is 4.85. The molecule has 0 unspecified atom stereocenters. The van der Waals surface area contributed by atoms with E-state index in [-0.39, 0.29) is 5.97 Å². The Labute approximate surface area is 159 Å². The van der Waals surface area contributed by atoms with Gasteiger partial charge >= 0.3 is 5.97 Å². The van der Waals surface area contributed by atoms with Gasteiger partial charge in [-0.2, -0.15) is 0 Å². The molecule has 3 aromatic carbocycles. The van der Waals surface area contributed by atoms with Gasteiger partial charge in [0, 0.05) is 0 Å². The Hall–Kier alpha value is -3.33. The van der Waals surface area contributed by atoms with E-state index < -0.39 is 0 Å². The van der Waals surface area contributed by atoms with Gasteiger partial charge < -0.3 is 9.47 Å². The first-order chi connectivity index (χ1) is 13.2. The summed E-state index contributed by atoms with van der Waals surface area (Å²) in [6.45, 7) is 6.87. The summed E-state index contributed by atoms with van der Waals surface area (Å²) in [5, 5.41) is 0. The number of rotatable bonds is 7. The van der Waals surface area contributed by atoms with Gasteiger partial charge in [0.05, 0.1) is 12.2 Å². The maximum Gasteiger partial charge on any atom is 0.338 e. The van der Waals surface area contributed by atoms with Crippen LogP contribution in [-0.2, 0) is 11.3 Å². The zero-order valence-electron chi connectivity index (χ0n) is 15.4. The van der Waals surface area contributed by atoms with E-state index in [4.69, 9.17) is 9.47 Å². The van der Waals surface area contributed by atoms with E-state index in [2.05, 4.69) is 6.58 Å². The number of hydrogen-bond donors (Lipinski definition) is 0. The van der Waals surface area contributed by atoms with Crippen LogP contribution in [0.3, 0.4) is 0 Å². The van der Waals surface area contributed by atoms with E-state index in [0.717, 1.165) is 28.0 Å². The van der Waals surface area contributed by atoms with Crippen molar-refractivity contribution in [2.75, 3.05) is 6.61 Å². The second-order valence-corrected chi connectivity index (χ2v) is 6.08. The molecule has 0 amide bonds. The lowest BCUT2D eigenvalue weighted by Crippen LogP contribution is -2.04. The summed E-state index contributed by atoms with van der Waals surface area (Å²) in [5.41, 5.74) is 4.53. The molecule has 0 aromatic heterocycles. The normalized spacial score (nSPS) is 10.3. The van der Waals surface area contributed by atoms with E-state index in [1.807, 2.05) is 66.7 Å². The molecule has 27 heavy (non-hydrogen) atoms. The first kappa shape index (κ1) is 18.5. The Morgan fingerprint density at radius 1 is 0.815 bits per heavy atom. The summed E-state index contributed by atoms with van der Waals surface area (Å²) in [6, 6.07) is 25.2. The standard InChI is InChI=1S/C24H22O3/c1-3-26-24(25)22-11-9-20(10-12-22)18(2)21-13-15-23(16-14-21)27-17-19-7-5-4-6-8-19/h4-16H,2-3,17H2,1H3. The van der Waals surface area contributed by atoms with E-state index in [1.165, 1.54) is 0 Å². The molecule has 0 aliphatic carbocycles. The third-order valence-corrected chi connectivity index (χ3v) is 4.20. The quantitative estimate of drug-likeness (QED) is 0.523. The van der Waals surface area contributed by atoms with Gasteiger partial charge in [-0.15, -0.1) is 0 Å². The van der Waals surface area contributed by atoms with Gasteiger partial charge in [0.25, 0.3) is 0 Å². The van der Waals surface area contributed by atoms with Gasteiger partial charge in [-0.3, -0.25) is 0 Å². The fourth-order valence-electron chi connectivity index (χ4n) is 2.68. The molecule has 0 saturated heterocycles.